The maximum absolute atomic E-state index is 13.1. The minimum atomic E-state index is -1.28. The predicted molar refractivity (Wildman–Crippen MR) is 119 cm³/mol. The number of amides is 1. The molecule has 0 aromatic heterocycles. The highest BCUT2D eigenvalue weighted by molar-refractivity contribution is 5.95. The molecular weight excluding hydrogens is 424 g/mol. The van der Waals surface area contributed by atoms with Crippen molar-refractivity contribution in [3.8, 4) is 11.5 Å². The molecule has 0 unspecified atom stereocenters. The molecule has 33 heavy (non-hydrogen) atoms. The van der Waals surface area contributed by atoms with E-state index in [1.807, 2.05) is 13.0 Å². The number of carbonyl (C=O) groups excluding carboxylic acids is 1. The number of aromatic hydroxyl groups is 1. The third kappa shape index (κ3) is 2.83. The second-order valence-corrected chi connectivity index (χ2v) is 10.2. The molecule has 4 atom stereocenters. The number of nitrogens with zero attached hydrogens (tertiary/aromatic N) is 1. The Morgan fingerprint density at radius 1 is 1.33 bits per heavy atom. The first-order valence-corrected chi connectivity index (χ1v) is 12.2. The molecule has 4 N–H and O–H groups in total. The molecule has 3 aliphatic carbocycles. The lowest BCUT2D eigenvalue weighted by atomic mass is 9.49. The number of aliphatic hydroxyl groups is 2. The third-order valence-electron chi connectivity index (χ3n) is 8.53. The van der Waals surface area contributed by atoms with Crippen LogP contribution in [0.3, 0.4) is 0 Å². The van der Waals surface area contributed by atoms with Gasteiger partial charge in [-0.1, -0.05) is 6.07 Å². The van der Waals surface area contributed by atoms with Crippen molar-refractivity contribution in [1.29, 1.82) is 0 Å². The van der Waals surface area contributed by atoms with E-state index in [0.29, 0.717) is 44.3 Å². The molecule has 1 amide bonds. The lowest BCUT2D eigenvalue weighted by Crippen LogP contribution is -2.75. The highest BCUT2D eigenvalue weighted by Crippen LogP contribution is 2.66. The molecule has 1 aromatic carbocycles. The monoisotopic (exact) mass is 456 g/mol. The summed E-state index contributed by atoms with van der Waals surface area (Å²) in [7, 11) is 0. The number of piperidine rings is 1. The van der Waals surface area contributed by atoms with Crippen molar-refractivity contribution >= 4 is 5.91 Å². The molecule has 8 heteroatoms. The van der Waals surface area contributed by atoms with Crippen molar-refractivity contribution in [2.75, 3.05) is 32.8 Å². The Kier molecular flexibility index (Phi) is 4.74. The molecule has 2 fully saturated rings. The number of phenols is 1. The maximum atomic E-state index is 13.1. The Balaban J connectivity index is 1.44. The molecule has 178 valence electrons. The number of likely N-dealkylation sites (tertiary alicyclic amines) is 1. The standard InChI is InChI=1S/C25H32N2O6/c1-2-32-10-8-26-23(30)16-12-25(31)18-11-15-5-6-17(28)21-19(15)24(25,22(33-21)20(16)29)7-9-27(18)13-14-3-4-14/h5-6,14,18,22,28-29,31H,2-4,7-13H2,1H3,(H,26,30)/t18-,22+,24+,25-/m1/s1. The summed E-state index contributed by atoms with van der Waals surface area (Å²) in [6.45, 7) is 4.89. The van der Waals surface area contributed by atoms with Crippen molar-refractivity contribution in [3.05, 3.63) is 34.6 Å². The molecule has 1 aromatic rings. The minimum Gasteiger partial charge on any atom is -0.508 e. The molecule has 2 bridgehead atoms. The van der Waals surface area contributed by atoms with Crippen LogP contribution in [0.1, 0.15) is 43.7 Å². The molecule has 8 nitrogen and oxygen atoms in total. The van der Waals surface area contributed by atoms with Gasteiger partial charge in [-0.2, -0.15) is 0 Å². The minimum absolute atomic E-state index is 0.00857. The zero-order valence-corrected chi connectivity index (χ0v) is 19.0. The number of ether oxygens (including phenoxy) is 2. The van der Waals surface area contributed by atoms with Crippen LogP contribution in [0.5, 0.6) is 11.5 Å². The van der Waals surface area contributed by atoms with Gasteiger partial charge >= 0.3 is 0 Å². The Morgan fingerprint density at radius 3 is 2.91 bits per heavy atom. The van der Waals surface area contributed by atoms with Crippen LogP contribution in [0.15, 0.2) is 23.5 Å². The SMILES string of the molecule is CCOCCNC(=O)C1=C(O)[C@@H]2Oc3c(O)ccc4c3[C@@]23CCN(CC2CC2)[C@H](C4)[C@]3(O)C1. The van der Waals surface area contributed by atoms with Gasteiger partial charge in [0, 0.05) is 37.7 Å². The van der Waals surface area contributed by atoms with Crippen LogP contribution < -0.4 is 10.1 Å². The quantitative estimate of drug-likeness (QED) is 0.461. The largest absolute Gasteiger partial charge is 0.508 e. The molecule has 1 saturated heterocycles. The number of carbonyl (C=O) groups is 1. The molecule has 0 radical (unpaired) electrons. The van der Waals surface area contributed by atoms with Gasteiger partial charge in [0.2, 0.25) is 0 Å². The molecular formula is C25H32N2O6. The first-order valence-electron chi connectivity index (χ1n) is 12.2. The van der Waals surface area contributed by atoms with Crippen LogP contribution in [0.4, 0.5) is 0 Å². The number of phenolic OH excluding ortho intramolecular Hbond substituents is 1. The van der Waals surface area contributed by atoms with E-state index in [0.717, 1.165) is 24.2 Å². The first kappa shape index (κ1) is 21.3. The van der Waals surface area contributed by atoms with Gasteiger partial charge in [0.25, 0.3) is 5.91 Å². The fraction of sp³-hybridized carbons (Fsp3) is 0.640. The smallest absolute Gasteiger partial charge is 0.250 e. The van der Waals surface area contributed by atoms with Crippen molar-refractivity contribution in [2.24, 2.45) is 5.92 Å². The lowest BCUT2D eigenvalue weighted by molar-refractivity contribution is -0.172. The van der Waals surface area contributed by atoms with E-state index in [-0.39, 0.29) is 29.5 Å². The number of hydrogen-bond acceptors (Lipinski definition) is 7. The number of nitrogens with one attached hydrogen (secondary N) is 1. The van der Waals surface area contributed by atoms with E-state index in [1.165, 1.54) is 12.8 Å². The Labute approximate surface area is 193 Å². The Bertz CT molecular complexity index is 1040. The van der Waals surface area contributed by atoms with E-state index in [9.17, 15) is 20.1 Å². The lowest BCUT2D eigenvalue weighted by Gasteiger charge is -2.62. The summed E-state index contributed by atoms with van der Waals surface area (Å²) >= 11 is 0. The van der Waals surface area contributed by atoms with Crippen LogP contribution in [-0.2, 0) is 21.4 Å². The Morgan fingerprint density at radius 2 is 2.15 bits per heavy atom. The van der Waals surface area contributed by atoms with Gasteiger partial charge < -0.3 is 30.1 Å². The molecule has 6 rings (SSSR count). The summed E-state index contributed by atoms with van der Waals surface area (Å²) in [5.41, 5.74) is -0.116. The van der Waals surface area contributed by atoms with Gasteiger partial charge in [0.05, 0.1) is 23.2 Å². The maximum Gasteiger partial charge on any atom is 0.250 e. The van der Waals surface area contributed by atoms with Crippen molar-refractivity contribution in [3.63, 3.8) is 0 Å². The zero-order valence-electron chi connectivity index (χ0n) is 19.0. The van der Waals surface area contributed by atoms with Gasteiger partial charge in [0.1, 0.15) is 5.76 Å². The first-order chi connectivity index (χ1) is 15.9. The number of rotatable bonds is 7. The average molecular weight is 457 g/mol. The fourth-order valence-electron chi connectivity index (χ4n) is 6.86. The summed E-state index contributed by atoms with van der Waals surface area (Å²) < 4.78 is 11.5. The molecule has 2 heterocycles. The number of aliphatic hydroxyl groups excluding tert-OH is 1. The molecule has 5 aliphatic rings. The third-order valence-corrected chi connectivity index (χ3v) is 8.53. The van der Waals surface area contributed by atoms with Crippen LogP contribution in [0.25, 0.3) is 0 Å². The second-order valence-electron chi connectivity index (χ2n) is 10.2. The van der Waals surface area contributed by atoms with Gasteiger partial charge in [0.15, 0.2) is 17.6 Å². The van der Waals surface area contributed by atoms with E-state index >= 15 is 0 Å². The van der Waals surface area contributed by atoms with E-state index in [2.05, 4.69) is 10.2 Å². The van der Waals surface area contributed by atoms with Gasteiger partial charge in [-0.05, 0) is 56.7 Å². The van der Waals surface area contributed by atoms with Gasteiger partial charge in [-0.3, -0.25) is 9.69 Å². The molecule has 2 aliphatic heterocycles. The molecule has 1 spiro atoms. The van der Waals surface area contributed by atoms with E-state index in [1.54, 1.807) is 6.07 Å². The Hall–Kier alpha value is -2.29. The topological polar surface area (TPSA) is 111 Å². The van der Waals surface area contributed by atoms with Crippen LogP contribution >= 0.6 is 0 Å². The summed E-state index contributed by atoms with van der Waals surface area (Å²) in [6, 6.07) is 3.38. The van der Waals surface area contributed by atoms with E-state index < -0.39 is 23.0 Å². The van der Waals surface area contributed by atoms with E-state index in [4.69, 9.17) is 9.47 Å². The summed E-state index contributed by atoms with van der Waals surface area (Å²) in [6.07, 6.45) is 2.84. The summed E-state index contributed by atoms with van der Waals surface area (Å²) in [4.78, 5) is 15.5. The number of hydrogen-bond donors (Lipinski definition) is 4. The highest BCUT2D eigenvalue weighted by Gasteiger charge is 2.73. The normalized spacial score (nSPS) is 34.1. The van der Waals surface area contributed by atoms with Gasteiger partial charge in [-0.25, -0.2) is 0 Å². The highest BCUT2D eigenvalue weighted by atomic mass is 16.5. The molecule has 1 saturated carbocycles. The van der Waals surface area contributed by atoms with Gasteiger partial charge in [-0.15, -0.1) is 0 Å². The zero-order chi connectivity index (χ0) is 23.0. The van der Waals surface area contributed by atoms with Crippen molar-refractivity contribution in [2.45, 2.75) is 62.2 Å². The number of benzene rings is 1. The van der Waals surface area contributed by atoms with Crippen LogP contribution in [0, 0.1) is 5.92 Å². The summed E-state index contributed by atoms with van der Waals surface area (Å²) in [5, 5.41) is 37.2. The second kappa shape index (κ2) is 7.35. The predicted octanol–water partition coefficient (Wildman–Crippen LogP) is 1.53. The van der Waals surface area contributed by atoms with Crippen molar-refractivity contribution < 1.29 is 29.6 Å². The van der Waals surface area contributed by atoms with Crippen LogP contribution in [0.2, 0.25) is 0 Å². The summed E-state index contributed by atoms with van der Waals surface area (Å²) in [5.74, 6) is 0.482. The van der Waals surface area contributed by atoms with Crippen molar-refractivity contribution in [1.82, 2.24) is 10.2 Å². The van der Waals surface area contributed by atoms with Crippen LogP contribution in [-0.4, -0.2) is 76.7 Å². The average Bonchev–Trinajstić information content (AvgIpc) is 3.53. The fourth-order valence-corrected chi connectivity index (χ4v) is 6.86.